The Morgan fingerprint density at radius 1 is 1.67 bits per heavy atom. The third-order valence-corrected chi connectivity index (χ3v) is 2.61. The molecule has 0 saturated heterocycles. The summed E-state index contributed by atoms with van der Waals surface area (Å²) in [6, 6.07) is 4.13. The molecule has 0 fully saturated rings. The van der Waals surface area contributed by atoms with Gasteiger partial charge in [-0.05, 0) is 17.9 Å². The minimum absolute atomic E-state index is 0.204. The van der Waals surface area contributed by atoms with E-state index in [0.717, 1.165) is 13.0 Å². The van der Waals surface area contributed by atoms with Crippen LogP contribution in [0.25, 0.3) is 0 Å². The average Bonchev–Trinajstić information content (AvgIpc) is 2.57. The lowest BCUT2D eigenvalue weighted by atomic mass is 10.3. The van der Waals surface area contributed by atoms with Crippen molar-refractivity contribution >= 4 is 11.3 Å². The van der Waals surface area contributed by atoms with E-state index in [0.29, 0.717) is 6.54 Å². The first kappa shape index (κ1) is 9.71. The Bertz CT molecular complexity index is 198. The van der Waals surface area contributed by atoms with Crippen LogP contribution in [0, 0.1) is 0 Å². The van der Waals surface area contributed by atoms with Gasteiger partial charge in [0.15, 0.2) is 0 Å². The second kappa shape index (κ2) is 5.30. The number of hydrogen-bond donors (Lipinski definition) is 2. The molecule has 0 aliphatic rings. The first-order valence-corrected chi connectivity index (χ1v) is 5.12. The van der Waals surface area contributed by atoms with Crippen LogP contribution in [-0.4, -0.2) is 17.8 Å². The number of nitrogens with one attached hydrogen (secondary N) is 1. The lowest BCUT2D eigenvalue weighted by Gasteiger charge is -2.07. The van der Waals surface area contributed by atoms with Crippen LogP contribution in [-0.2, 0) is 6.54 Å². The molecule has 0 aliphatic heterocycles. The Kier molecular flexibility index (Phi) is 4.29. The Morgan fingerprint density at radius 3 is 3.08 bits per heavy atom. The van der Waals surface area contributed by atoms with Gasteiger partial charge in [0.2, 0.25) is 0 Å². The number of thiophene rings is 1. The molecule has 1 heterocycles. The predicted octanol–water partition coefficient (Wildman–Crippen LogP) is 1.61. The maximum absolute atomic E-state index is 9.23. The number of hydrogen-bond acceptors (Lipinski definition) is 3. The van der Waals surface area contributed by atoms with Crippen LogP contribution < -0.4 is 5.32 Å². The summed E-state index contributed by atoms with van der Waals surface area (Å²) in [7, 11) is 0. The smallest absolute Gasteiger partial charge is 0.0662 e. The molecular formula is C9H15NOS. The van der Waals surface area contributed by atoms with E-state index in [1.165, 1.54) is 4.88 Å². The summed E-state index contributed by atoms with van der Waals surface area (Å²) in [5.41, 5.74) is 0. The van der Waals surface area contributed by atoms with Gasteiger partial charge in [-0.1, -0.05) is 13.0 Å². The van der Waals surface area contributed by atoms with E-state index in [1.54, 1.807) is 11.3 Å². The fourth-order valence-electron chi connectivity index (χ4n) is 0.919. The molecule has 0 spiro atoms. The molecule has 1 unspecified atom stereocenters. The highest BCUT2D eigenvalue weighted by atomic mass is 32.1. The Labute approximate surface area is 77.2 Å². The van der Waals surface area contributed by atoms with Gasteiger partial charge >= 0.3 is 0 Å². The summed E-state index contributed by atoms with van der Waals surface area (Å²) >= 11 is 1.74. The summed E-state index contributed by atoms with van der Waals surface area (Å²) in [6.07, 6.45) is 0.613. The standard InChI is InChI=1S/C9H15NOS/c1-2-8(11)6-10-7-9-4-3-5-12-9/h3-5,8,10-11H,2,6-7H2,1H3. The second-order valence-corrected chi connectivity index (χ2v) is 3.80. The largest absolute Gasteiger partial charge is 0.392 e. The summed E-state index contributed by atoms with van der Waals surface area (Å²) < 4.78 is 0. The van der Waals surface area contributed by atoms with Crippen LogP contribution >= 0.6 is 11.3 Å². The molecule has 12 heavy (non-hydrogen) atoms. The molecule has 0 bridgehead atoms. The Balaban J connectivity index is 2.11. The van der Waals surface area contributed by atoms with Crippen molar-refractivity contribution < 1.29 is 5.11 Å². The molecule has 1 rings (SSSR count). The third-order valence-electron chi connectivity index (χ3n) is 1.73. The lowest BCUT2D eigenvalue weighted by molar-refractivity contribution is 0.167. The molecule has 0 radical (unpaired) electrons. The zero-order valence-corrected chi connectivity index (χ0v) is 8.10. The number of rotatable bonds is 5. The minimum Gasteiger partial charge on any atom is -0.392 e. The molecule has 1 atom stereocenters. The van der Waals surface area contributed by atoms with E-state index in [-0.39, 0.29) is 6.10 Å². The van der Waals surface area contributed by atoms with E-state index in [1.807, 2.05) is 13.0 Å². The Morgan fingerprint density at radius 2 is 2.50 bits per heavy atom. The third kappa shape index (κ3) is 3.34. The van der Waals surface area contributed by atoms with Crippen molar-refractivity contribution in [3.63, 3.8) is 0 Å². The maximum Gasteiger partial charge on any atom is 0.0662 e. The van der Waals surface area contributed by atoms with Crippen molar-refractivity contribution in [3.8, 4) is 0 Å². The fraction of sp³-hybridized carbons (Fsp3) is 0.556. The average molecular weight is 185 g/mol. The van der Waals surface area contributed by atoms with E-state index in [9.17, 15) is 5.11 Å². The molecule has 1 aromatic rings. The summed E-state index contributed by atoms with van der Waals surface area (Å²) in [5.74, 6) is 0. The monoisotopic (exact) mass is 185 g/mol. The zero-order valence-electron chi connectivity index (χ0n) is 7.29. The maximum atomic E-state index is 9.23. The zero-order chi connectivity index (χ0) is 8.81. The van der Waals surface area contributed by atoms with E-state index in [4.69, 9.17) is 0 Å². The van der Waals surface area contributed by atoms with Crippen molar-refractivity contribution in [2.75, 3.05) is 6.54 Å². The van der Waals surface area contributed by atoms with Crippen LogP contribution in [0.4, 0.5) is 0 Å². The molecule has 1 aromatic heterocycles. The van der Waals surface area contributed by atoms with E-state index >= 15 is 0 Å². The van der Waals surface area contributed by atoms with Crippen LogP contribution in [0.5, 0.6) is 0 Å². The second-order valence-electron chi connectivity index (χ2n) is 2.77. The van der Waals surface area contributed by atoms with E-state index < -0.39 is 0 Å². The van der Waals surface area contributed by atoms with Gasteiger partial charge < -0.3 is 10.4 Å². The van der Waals surface area contributed by atoms with Gasteiger partial charge in [0.1, 0.15) is 0 Å². The first-order valence-electron chi connectivity index (χ1n) is 4.24. The van der Waals surface area contributed by atoms with Crippen molar-refractivity contribution in [1.29, 1.82) is 0 Å². The van der Waals surface area contributed by atoms with Crippen LogP contribution in [0.3, 0.4) is 0 Å². The highest BCUT2D eigenvalue weighted by Crippen LogP contribution is 2.07. The molecule has 2 N–H and O–H groups in total. The number of aliphatic hydroxyl groups is 1. The molecule has 3 heteroatoms. The SMILES string of the molecule is CCC(O)CNCc1cccs1. The van der Waals surface area contributed by atoms with Gasteiger partial charge in [0.25, 0.3) is 0 Å². The molecule has 0 saturated carbocycles. The van der Waals surface area contributed by atoms with Gasteiger partial charge in [0.05, 0.1) is 6.10 Å². The summed E-state index contributed by atoms with van der Waals surface area (Å²) in [4.78, 5) is 1.32. The Hall–Kier alpha value is -0.380. The molecule has 0 aliphatic carbocycles. The van der Waals surface area contributed by atoms with Gasteiger partial charge in [-0.15, -0.1) is 11.3 Å². The molecule has 2 nitrogen and oxygen atoms in total. The minimum atomic E-state index is -0.204. The molecule has 68 valence electrons. The van der Waals surface area contributed by atoms with Crippen molar-refractivity contribution in [1.82, 2.24) is 5.32 Å². The molecular weight excluding hydrogens is 170 g/mol. The van der Waals surface area contributed by atoms with E-state index in [2.05, 4.69) is 16.8 Å². The van der Waals surface area contributed by atoms with Gasteiger partial charge in [-0.3, -0.25) is 0 Å². The summed E-state index contributed by atoms with van der Waals surface area (Å²) in [6.45, 7) is 3.54. The topological polar surface area (TPSA) is 32.3 Å². The lowest BCUT2D eigenvalue weighted by Crippen LogP contribution is -2.25. The van der Waals surface area contributed by atoms with Crippen LogP contribution in [0.15, 0.2) is 17.5 Å². The van der Waals surface area contributed by atoms with Crippen molar-refractivity contribution in [2.24, 2.45) is 0 Å². The van der Waals surface area contributed by atoms with Crippen LogP contribution in [0.1, 0.15) is 18.2 Å². The quantitative estimate of drug-likeness (QED) is 0.730. The fourth-order valence-corrected chi connectivity index (χ4v) is 1.59. The molecule has 0 aromatic carbocycles. The van der Waals surface area contributed by atoms with Crippen molar-refractivity contribution in [3.05, 3.63) is 22.4 Å². The van der Waals surface area contributed by atoms with Crippen LogP contribution in [0.2, 0.25) is 0 Å². The van der Waals surface area contributed by atoms with Gasteiger partial charge in [-0.2, -0.15) is 0 Å². The number of aliphatic hydroxyl groups excluding tert-OH is 1. The molecule has 0 amide bonds. The van der Waals surface area contributed by atoms with Crippen molar-refractivity contribution in [2.45, 2.75) is 26.0 Å². The highest BCUT2D eigenvalue weighted by Gasteiger charge is 1.99. The van der Waals surface area contributed by atoms with Gasteiger partial charge in [-0.25, -0.2) is 0 Å². The highest BCUT2D eigenvalue weighted by molar-refractivity contribution is 7.09. The predicted molar refractivity (Wildman–Crippen MR) is 52.3 cm³/mol. The normalized spacial score (nSPS) is 13.2. The van der Waals surface area contributed by atoms with Gasteiger partial charge in [0, 0.05) is 18.0 Å². The first-order chi connectivity index (χ1) is 5.83. The summed E-state index contributed by atoms with van der Waals surface area (Å²) in [5, 5.41) is 14.5.